The van der Waals surface area contributed by atoms with Gasteiger partial charge in [-0.25, -0.2) is 12.7 Å². The number of benzene rings is 1. The van der Waals surface area contributed by atoms with Gasteiger partial charge in [0.1, 0.15) is 10.6 Å². The maximum atomic E-state index is 12.6. The summed E-state index contributed by atoms with van der Waals surface area (Å²) in [7, 11) is 0.615. The van der Waals surface area contributed by atoms with Crippen molar-refractivity contribution in [3.8, 4) is 5.75 Å². The predicted octanol–water partition coefficient (Wildman–Crippen LogP) is 0.958. The zero-order chi connectivity index (χ0) is 18.2. The van der Waals surface area contributed by atoms with E-state index in [-0.39, 0.29) is 22.6 Å². The van der Waals surface area contributed by atoms with Gasteiger partial charge in [0.05, 0.1) is 7.11 Å². The van der Waals surface area contributed by atoms with E-state index in [1.54, 1.807) is 6.07 Å². The lowest BCUT2D eigenvalue weighted by molar-refractivity contribution is 0.0923. The number of ether oxygens (including phenoxy) is 1. The zero-order valence-corrected chi connectivity index (χ0v) is 15.6. The average molecular weight is 367 g/mol. The second-order valence-electron chi connectivity index (χ2n) is 6.93. The Morgan fingerprint density at radius 1 is 1.24 bits per heavy atom. The van der Waals surface area contributed by atoms with Gasteiger partial charge in [0.2, 0.25) is 10.0 Å². The van der Waals surface area contributed by atoms with E-state index in [0.717, 1.165) is 30.0 Å². The molecular formula is C17H25N3O4S. The minimum absolute atomic E-state index is 0.00182. The number of nitrogens with zero attached hydrogens (tertiary/aromatic N) is 1. The Labute approximate surface area is 148 Å². The van der Waals surface area contributed by atoms with Crippen molar-refractivity contribution in [3.63, 3.8) is 0 Å². The Morgan fingerprint density at radius 2 is 1.88 bits per heavy atom. The van der Waals surface area contributed by atoms with E-state index in [0.29, 0.717) is 17.6 Å². The lowest BCUT2D eigenvalue weighted by Gasteiger charge is -2.29. The van der Waals surface area contributed by atoms with Crippen LogP contribution in [0.4, 0.5) is 0 Å². The van der Waals surface area contributed by atoms with Crippen LogP contribution < -0.4 is 15.4 Å². The van der Waals surface area contributed by atoms with Crippen molar-refractivity contribution in [2.24, 2.45) is 0 Å². The van der Waals surface area contributed by atoms with Crippen molar-refractivity contribution in [3.05, 3.63) is 23.8 Å². The first-order valence-corrected chi connectivity index (χ1v) is 9.92. The highest BCUT2D eigenvalue weighted by Gasteiger charge is 2.34. The smallest absolute Gasteiger partial charge is 0.251 e. The SMILES string of the molecule is COc1ccc(C(=O)NC2CC3CCC(C2)N3)cc1S(=O)(=O)N(C)C. The summed E-state index contributed by atoms with van der Waals surface area (Å²) < 4.78 is 31.2. The first-order valence-electron chi connectivity index (χ1n) is 8.48. The molecule has 2 aliphatic rings. The van der Waals surface area contributed by atoms with Gasteiger partial charge >= 0.3 is 0 Å². The Balaban J connectivity index is 1.81. The third-order valence-corrected chi connectivity index (χ3v) is 6.83. The minimum atomic E-state index is -3.70. The van der Waals surface area contributed by atoms with Gasteiger partial charge in [-0.1, -0.05) is 0 Å². The van der Waals surface area contributed by atoms with Gasteiger partial charge in [0.15, 0.2) is 0 Å². The molecule has 1 aromatic rings. The molecule has 0 saturated carbocycles. The molecule has 2 N–H and O–H groups in total. The minimum Gasteiger partial charge on any atom is -0.495 e. The Kier molecular flexibility index (Phi) is 5.04. The van der Waals surface area contributed by atoms with Crippen LogP contribution in [0.15, 0.2) is 23.1 Å². The number of carbonyl (C=O) groups is 1. The predicted molar refractivity (Wildman–Crippen MR) is 94.3 cm³/mol. The van der Waals surface area contributed by atoms with E-state index < -0.39 is 10.0 Å². The van der Waals surface area contributed by atoms with Crippen molar-refractivity contribution in [2.45, 2.75) is 48.7 Å². The number of carbonyl (C=O) groups excluding carboxylic acids is 1. The van der Waals surface area contributed by atoms with Crippen LogP contribution in [-0.2, 0) is 10.0 Å². The molecule has 2 heterocycles. The average Bonchev–Trinajstić information content (AvgIpc) is 2.92. The van der Waals surface area contributed by atoms with Crippen LogP contribution >= 0.6 is 0 Å². The number of methoxy groups -OCH3 is 1. The third-order valence-electron chi connectivity index (χ3n) is 4.99. The van der Waals surface area contributed by atoms with Crippen molar-refractivity contribution in [1.82, 2.24) is 14.9 Å². The monoisotopic (exact) mass is 367 g/mol. The van der Waals surface area contributed by atoms with E-state index in [4.69, 9.17) is 4.74 Å². The summed E-state index contributed by atoms with van der Waals surface area (Å²) in [5, 5.41) is 6.59. The standard InChI is InChI=1S/C17H25N3O4S/c1-20(2)25(22,23)16-8-11(4-7-15(16)24-3)17(21)19-14-9-12-5-6-13(10-14)18-12/h4,7-8,12-14,18H,5-6,9-10H2,1-3H3,(H,19,21). The van der Waals surface area contributed by atoms with Gasteiger partial charge in [-0.2, -0.15) is 0 Å². The number of piperidine rings is 1. The molecule has 25 heavy (non-hydrogen) atoms. The third kappa shape index (κ3) is 3.65. The molecule has 2 saturated heterocycles. The molecule has 2 aliphatic heterocycles. The number of hydrogen-bond donors (Lipinski definition) is 2. The quantitative estimate of drug-likeness (QED) is 0.809. The maximum absolute atomic E-state index is 12.6. The van der Waals surface area contributed by atoms with Crippen LogP contribution in [0.25, 0.3) is 0 Å². The molecule has 3 rings (SSSR count). The summed E-state index contributed by atoms with van der Waals surface area (Å²) in [4.78, 5) is 12.6. The molecular weight excluding hydrogens is 342 g/mol. The first-order chi connectivity index (χ1) is 11.8. The van der Waals surface area contributed by atoms with E-state index in [9.17, 15) is 13.2 Å². The summed E-state index contributed by atoms with van der Waals surface area (Å²) in [6.07, 6.45) is 4.15. The van der Waals surface area contributed by atoms with Crippen LogP contribution in [0.3, 0.4) is 0 Å². The zero-order valence-electron chi connectivity index (χ0n) is 14.8. The fourth-order valence-corrected chi connectivity index (χ4v) is 4.73. The van der Waals surface area contributed by atoms with E-state index in [1.165, 1.54) is 33.3 Å². The molecule has 8 heteroatoms. The number of sulfonamides is 1. The number of amides is 1. The fourth-order valence-electron chi connectivity index (χ4n) is 3.66. The summed E-state index contributed by atoms with van der Waals surface area (Å²) in [5.41, 5.74) is 0.326. The fraction of sp³-hybridized carbons (Fsp3) is 0.588. The largest absolute Gasteiger partial charge is 0.495 e. The van der Waals surface area contributed by atoms with Gasteiger partial charge in [-0.3, -0.25) is 4.79 Å². The second kappa shape index (κ2) is 6.93. The highest BCUT2D eigenvalue weighted by molar-refractivity contribution is 7.89. The van der Waals surface area contributed by atoms with Gasteiger partial charge in [-0.05, 0) is 43.9 Å². The van der Waals surface area contributed by atoms with Crippen LogP contribution in [0, 0.1) is 0 Å². The van der Waals surface area contributed by atoms with Crippen LogP contribution in [0.1, 0.15) is 36.0 Å². The summed E-state index contributed by atoms with van der Waals surface area (Å²) in [5.74, 6) is -0.0191. The molecule has 0 aliphatic carbocycles. The molecule has 7 nitrogen and oxygen atoms in total. The van der Waals surface area contributed by atoms with Crippen molar-refractivity contribution >= 4 is 15.9 Å². The van der Waals surface area contributed by atoms with Crippen LogP contribution in [0.2, 0.25) is 0 Å². The molecule has 2 atom stereocenters. The lowest BCUT2D eigenvalue weighted by atomic mass is 9.99. The number of nitrogens with one attached hydrogen (secondary N) is 2. The van der Waals surface area contributed by atoms with Crippen molar-refractivity contribution in [1.29, 1.82) is 0 Å². The Morgan fingerprint density at radius 3 is 2.44 bits per heavy atom. The maximum Gasteiger partial charge on any atom is 0.251 e. The van der Waals surface area contributed by atoms with Gasteiger partial charge in [0, 0.05) is 37.8 Å². The number of fused-ring (bicyclic) bond motifs is 2. The lowest BCUT2D eigenvalue weighted by Crippen LogP contribution is -2.48. The van der Waals surface area contributed by atoms with E-state index >= 15 is 0 Å². The Bertz CT molecular complexity index is 751. The van der Waals surface area contributed by atoms with Gasteiger partial charge in [-0.15, -0.1) is 0 Å². The van der Waals surface area contributed by atoms with Crippen LogP contribution in [-0.4, -0.2) is 58.0 Å². The number of hydrogen-bond acceptors (Lipinski definition) is 5. The highest BCUT2D eigenvalue weighted by atomic mass is 32.2. The molecule has 0 aromatic heterocycles. The van der Waals surface area contributed by atoms with E-state index in [1.807, 2.05) is 0 Å². The summed E-state index contributed by atoms with van der Waals surface area (Å²) in [6, 6.07) is 5.59. The molecule has 1 aromatic carbocycles. The normalized spacial score (nSPS) is 25.8. The highest BCUT2D eigenvalue weighted by Crippen LogP contribution is 2.29. The molecule has 2 fully saturated rings. The molecule has 0 radical (unpaired) electrons. The first kappa shape index (κ1) is 18.2. The number of rotatable bonds is 5. The van der Waals surface area contributed by atoms with Crippen molar-refractivity contribution < 1.29 is 17.9 Å². The van der Waals surface area contributed by atoms with Crippen molar-refractivity contribution in [2.75, 3.05) is 21.2 Å². The molecule has 138 valence electrons. The second-order valence-corrected chi connectivity index (χ2v) is 9.05. The van der Waals surface area contributed by atoms with Gasteiger partial charge in [0.25, 0.3) is 5.91 Å². The Hall–Kier alpha value is -1.64. The summed E-state index contributed by atoms with van der Waals surface area (Å²) >= 11 is 0. The molecule has 2 unspecified atom stereocenters. The molecule has 0 spiro atoms. The summed E-state index contributed by atoms with van der Waals surface area (Å²) in [6.45, 7) is 0. The topological polar surface area (TPSA) is 87.7 Å². The van der Waals surface area contributed by atoms with Gasteiger partial charge < -0.3 is 15.4 Å². The molecule has 2 bridgehead atoms. The molecule has 1 amide bonds. The van der Waals surface area contributed by atoms with Crippen LogP contribution in [0.5, 0.6) is 5.75 Å². The van der Waals surface area contributed by atoms with E-state index in [2.05, 4.69) is 10.6 Å².